The van der Waals surface area contributed by atoms with Crippen molar-refractivity contribution in [2.45, 2.75) is 37.5 Å². The van der Waals surface area contributed by atoms with Crippen molar-refractivity contribution in [3.63, 3.8) is 0 Å². The van der Waals surface area contributed by atoms with Crippen molar-refractivity contribution in [3.8, 4) is 0 Å². The molecule has 1 aromatic heterocycles. The Hall–Kier alpha value is -1.83. The molecule has 0 spiro atoms. The van der Waals surface area contributed by atoms with Crippen molar-refractivity contribution in [2.75, 3.05) is 0 Å². The maximum atomic E-state index is 13.8. The number of nitrogens with zero attached hydrogens (tertiary/aromatic N) is 1. The van der Waals surface area contributed by atoms with Gasteiger partial charge < -0.3 is 4.57 Å². The van der Waals surface area contributed by atoms with Crippen LogP contribution in [0.5, 0.6) is 0 Å². The lowest BCUT2D eigenvalue weighted by Crippen LogP contribution is -2.36. The molecule has 2 aromatic carbocycles. The number of rotatable bonds is 1. The van der Waals surface area contributed by atoms with E-state index in [0.717, 1.165) is 30.3 Å². The van der Waals surface area contributed by atoms with Crippen LogP contribution in [0.15, 0.2) is 36.4 Å². The predicted molar refractivity (Wildman–Crippen MR) is 90.1 cm³/mol. The molecule has 4 nitrogen and oxygen atoms in total. The molecule has 2 fully saturated rings. The molecular weight excluding hydrogens is 348 g/mol. The minimum Gasteiger partial charge on any atom is -0.335 e. The molecule has 2 heterocycles. The maximum Gasteiger partial charge on any atom is 0.305 e. The Morgan fingerprint density at radius 3 is 2.24 bits per heavy atom. The molecule has 7 heteroatoms. The Morgan fingerprint density at radius 2 is 1.60 bits per heavy atom. The summed E-state index contributed by atoms with van der Waals surface area (Å²) in [5.41, 5.74) is 1.63. The standard InChI is InChI=1S/C18H15F2NO3S/c19-10-4-6-14-12(8-10)13-9-11(20)5-7-15(13)21(14)16-2-1-3-17-18(16)24-25(22)23-17/h4-9,16-18H,1-3H2/t16-,17-,18+,25?/m1/s1. The van der Waals surface area contributed by atoms with Gasteiger partial charge in [-0.05, 0) is 55.7 Å². The van der Waals surface area contributed by atoms with Crippen LogP contribution in [0, 0.1) is 11.6 Å². The van der Waals surface area contributed by atoms with Crippen LogP contribution in [0.1, 0.15) is 25.3 Å². The Bertz CT molecular complexity index is 959. The first-order valence-electron chi connectivity index (χ1n) is 8.26. The second-order valence-corrected chi connectivity index (χ2v) is 7.38. The fraction of sp³-hybridized carbons (Fsp3) is 0.333. The highest BCUT2D eigenvalue weighted by molar-refractivity contribution is 7.75. The van der Waals surface area contributed by atoms with Gasteiger partial charge >= 0.3 is 11.4 Å². The first-order chi connectivity index (χ1) is 12.1. The second kappa shape index (κ2) is 5.59. The summed E-state index contributed by atoms with van der Waals surface area (Å²) >= 11 is -1.73. The molecule has 0 radical (unpaired) electrons. The van der Waals surface area contributed by atoms with Crippen molar-refractivity contribution in [1.82, 2.24) is 4.57 Å². The number of fused-ring (bicyclic) bond motifs is 4. The van der Waals surface area contributed by atoms with Gasteiger partial charge in [-0.3, -0.25) is 8.37 Å². The van der Waals surface area contributed by atoms with Gasteiger partial charge in [0.1, 0.15) is 23.8 Å². The molecule has 1 aliphatic heterocycles. The van der Waals surface area contributed by atoms with E-state index >= 15 is 0 Å². The zero-order chi connectivity index (χ0) is 17.1. The molecule has 25 heavy (non-hydrogen) atoms. The van der Waals surface area contributed by atoms with Crippen LogP contribution < -0.4 is 0 Å². The van der Waals surface area contributed by atoms with Gasteiger partial charge in [0.25, 0.3) is 0 Å². The first kappa shape index (κ1) is 15.4. The van der Waals surface area contributed by atoms with Gasteiger partial charge in [-0.2, -0.15) is 4.21 Å². The van der Waals surface area contributed by atoms with Crippen LogP contribution >= 0.6 is 0 Å². The molecule has 0 amide bonds. The minimum absolute atomic E-state index is 0.0962. The summed E-state index contributed by atoms with van der Waals surface area (Å²) in [7, 11) is 0. The van der Waals surface area contributed by atoms with Gasteiger partial charge in [-0.15, -0.1) is 0 Å². The molecule has 2 aliphatic rings. The normalized spacial score (nSPS) is 29.4. The zero-order valence-electron chi connectivity index (χ0n) is 13.2. The van der Waals surface area contributed by atoms with E-state index < -0.39 is 11.4 Å². The number of benzene rings is 2. The van der Waals surface area contributed by atoms with Crippen LogP contribution in [-0.2, 0) is 19.7 Å². The number of aromatic nitrogens is 1. The number of halogens is 2. The van der Waals surface area contributed by atoms with E-state index in [4.69, 9.17) is 8.37 Å². The zero-order valence-corrected chi connectivity index (χ0v) is 14.0. The quantitative estimate of drug-likeness (QED) is 0.652. The average Bonchev–Trinajstić information content (AvgIpc) is 3.11. The molecule has 4 atom stereocenters. The van der Waals surface area contributed by atoms with Gasteiger partial charge in [0, 0.05) is 21.8 Å². The molecule has 1 unspecified atom stereocenters. The average molecular weight is 363 g/mol. The van der Waals surface area contributed by atoms with Crippen LogP contribution in [0.3, 0.4) is 0 Å². The molecule has 130 valence electrons. The summed E-state index contributed by atoms with van der Waals surface area (Å²) < 4.78 is 52.3. The SMILES string of the molecule is O=S1O[C@H]2[C@H](n3c4ccc(F)cc4c4cc(F)ccc43)CCC[C@H]2O1. The van der Waals surface area contributed by atoms with Crippen LogP contribution in [0.2, 0.25) is 0 Å². The monoisotopic (exact) mass is 363 g/mol. The largest absolute Gasteiger partial charge is 0.335 e. The Balaban J connectivity index is 1.78. The number of hydrogen-bond donors (Lipinski definition) is 0. The van der Waals surface area contributed by atoms with Gasteiger partial charge in [0.15, 0.2) is 0 Å². The fourth-order valence-electron chi connectivity index (χ4n) is 4.18. The summed E-state index contributed by atoms with van der Waals surface area (Å²) in [5.74, 6) is -0.724. The summed E-state index contributed by atoms with van der Waals surface area (Å²) in [6.45, 7) is 0. The lowest BCUT2D eigenvalue weighted by Gasteiger charge is -2.32. The summed E-state index contributed by atoms with van der Waals surface area (Å²) in [5, 5.41) is 1.33. The molecule has 0 N–H and O–H groups in total. The van der Waals surface area contributed by atoms with Crippen molar-refractivity contribution in [3.05, 3.63) is 48.0 Å². The molecule has 0 bridgehead atoms. The Labute approximate surface area is 145 Å². The molecule has 1 saturated heterocycles. The maximum absolute atomic E-state index is 13.8. The van der Waals surface area contributed by atoms with Gasteiger partial charge in [-0.1, -0.05) is 0 Å². The Morgan fingerprint density at radius 1 is 0.960 bits per heavy atom. The van der Waals surface area contributed by atoms with Crippen molar-refractivity contribution >= 4 is 33.2 Å². The summed E-state index contributed by atoms with van der Waals surface area (Å²) in [6.07, 6.45) is 2.00. The Kier molecular flexibility index (Phi) is 3.45. The predicted octanol–water partition coefficient (Wildman–Crippen LogP) is 4.16. The third-order valence-electron chi connectivity index (χ3n) is 5.18. The highest BCUT2D eigenvalue weighted by Gasteiger charge is 2.44. The third kappa shape index (κ3) is 2.33. The molecule has 1 saturated carbocycles. The van der Waals surface area contributed by atoms with Gasteiger partial charge in [-0.25, -0.2) is 8.78 Å². The van der Waals surface area contributed by atoms with Gasteiger partial charge in [0.2, 0.25) is 0 Å². The van der Waals surface area contributed by atoms with Crippen molar-refractivity contribution < 1.29 is 21.4 Å². The highest BCUT2D eigenvalue weighted by Crippen LogP contribution is 2.42. The second-order valence-electron chi connectivity index (χ2n) is 6.59. The smallest absolute Gasteiger partial charge is 0.305 e. The van der Waals surface area contributed by atoms with E-state index in [2.05, 4.69) is 4.57 Å². The fourth-order valence-corrected chi connectivity index (χ4v) is 5.07. The summed E-state index contributed by atoms with van der Waals surface area (Å²) in [6, 6.07) is 8.98. The number of hydrogen-bond acceptors (Lipinski definition) is 3. The van der Waals surface area contributed by atoms with E-state index in [1.807, 2.05) is 0 Å². The van der Waals surface area contributed by atoms with E-state index in [0.29, 0.717) is 10.8 Å². The van der Waals surface area contributed by atoms with Crippen LogP contribution in [-0.4, -0.2) is 21.0 Å². The molecule has 5 rings (SSSR count). The lowest BCUT2D eigenvalue weighted by molar-refractivity contribution is 0.0671. The highest BCUT2D eigenvalue weighted by atomic mass is 32.2. The lowest BCUT2D eigenvalue weighted by atomic mass is 9.89. The van der Waals surface area contributed by atoms with E-state index in [-0.39, 0.29) is 29.9 Å². The topological polar surface area (TPSA) is 40.5 Å². The summed E-state index contributed by atoms with van der Waals surface area (Å²) in [4.78, 5) is 0. The first-order valence-corrected chi connectivity index (χ1v) is 9.26. The van der Waals surface area contributed by atoms with Crippen molar-refractivity contribution in [1.29, 1.82) is 0 Å². The third-order valence-corrected chi connectivity index (χ3v) is 5.97. The van der Waals surface area contributed by atoms with Crippen LogP contribution in [0.25, 0.3) is 21.8 Å². The molecular formula is C18H15F2NO3S. The molecule has 1 aliphatic carbocycles. The minimum atomic E-state index is -1.73. The van der Waals surface area contributed by atoms with Gasteiger partial charge in [0.05, 0.1) is 6.04 Å². The van der Waals surface area contributed by atoms with Crippen LogP contribution in [0.4, 0.5) is 8.78 Å². The van der Waals surface area contributed by atoms with E-state index in [9.17, 15) is 13.0 Å². The van der Waals surface area contributed by atoms with E-state index in [1.165, 1.54) is 24.3 Å². The van der Waals surface area contributed by atoms with Crippen molar-refractivity contribution in [2.24, 2.45) is 0 Å². The molecule has 3 aromatic rings. The van der Waals surface area contributed by atoms with E-state index in [1.54, 1.807) is 12.1 Å².